The summed E-state index contributed by atoms with van der Waals surface area (Å²) in [6.07, 6.45) is 0. The lowest BCUT2D eigenvalue weighted by atomic mass is 9.90. The quantitative estimate of drug-likeness (QED) is 0.0838. The van der Waals surface area contributed by atoms with Gasteiger partial charge in [-0.3, -0.25) is 14.1 Å². The molecule has 5 aromatic rings. The van der Waals surface area contributed by atoms with Crippen LogP contribution < -0.4 is 16.0 Å². The van der Waals surface area contributed by atoms with Crippen LogP contribution in [0.1, 0.15) is 66.0 Å². The maximum Gasteiger partial charge on any atom is 0.294 e. The van der Waals surface area contributed by atoms with Gasteiger partial charge in [-0.25, -0.2) is 4.68 Å². The van der Waals surface area contributed by atoms with Crippen LogP contribution >= 0.6 is 23.2 Å². The van der Waals surface area contributed by atoms with Crippen LogP contribution in [0.4, 0.5) is 34.3 Å². The number of halogens is 2. The van der Waals surface area contributed by atoms with Gasteiger partial charge >= 0.3 is 0 Å². The van der Waals surface area contributed by atoms with Crippen LogP contribution in [0.3, 0.4) is 0 Å². The Bertz CT molecular complexity index is 2470. The lowest BCUT2D eigenvalue weighted by molar-refractivity contribution is -0.114. The standard InChI is InChI=1S/C38H36Cl2N8O5S/c1-20-13-21(2)33(22(3)14-20)43-25-11-12-31(32(18-25)42-23(4)49)45-46-36-28(19-41)35(38(5,6)7)47-48(36)34-29(39)16-26(17-30(34)40)44-37(50)24-9-8-10-27(15-24)54(51,52)53/h8-18,43H,1-7H3,(H,42,49)(H,44,50)(H,51,52,53). The third kappa shape index (κ3) is 8.78. The van der Waals surface area contributed by atoms with Crippen molar-refractivity contribution < 1.29 is 22.6 Å². The van der Waals surface area contributed by atoms with Crippen LogP contribution in [0.25, 0.3) is 5.69 Å². The summed E-state index contributed by atoms with van der Waals surface area (Å²) in [7, 11) is -4.54. The second-order valence-corrected chi connectivity index (χ2v) is 15.8. The van der Waals surface area contributed by atoms with Crippen LogP contribution in [0, 0.1) is 32.1 Å². The van der Waals surface area contributed by atoms with Crippen molar-refractivity contribution in [1.29, 1.82) is 5.26 Å². The molecule has 0 aliphatic rings. The molecule has 13 nitrogen and oxygen atoms in total. The molecule has 278 valence electrons. The molecule has 0 saturated carbocycles. The smallest absolute Gasteiger partial charge is 0.294 e. The minimum absolute atomic E-state index is 0.00641. The average molecular weight is 788 g/mol. The Morgan fingerprint density at radius 2 is 1.56 bits per heavy atom. The number of aryl methyl sites for hydroxylation is 3. The Balaban J connectivity index is 1.56. The number of aromatic nitrogens is 2. The van der Waals surface area contributed by atoms with E-state index in [2.05, 4.69) is 44.4 Å². The van der Waals surface area contributed by atoms with Crippen molar-refractivity contribution in [2.24, 2.45) is 10.2 Å². The molecule has 54 heavy (non-hydrogen) atoms. The van der Waals surface area contributed by atoms with E-state index in [9.17, 15) is 27.8 Å². The molecule has 0 fully saturated rings. The van der Waals surface area contributed by atoms with Gasteiger partial charge in [0.15, 0.2) is 5.82 Å². The zero-order valence-electron chi connectivity index (χ0n) is 30.3. The fourth-order valence-electron chi connectivity index (χ4n) is 5.74. The van der Waals surface area contributed by atoms with Crippen molar-refractivity contribution in [3.05, 3.63) is 110 Å². The average Bonchev–Trinajstić information content (AvgIpc) is 3.43. The number of azo groups is 1. The van der Waals surface area contributed by atoms with Crippen LogP contribution in [-0.2, 0) is 20.3 Å². The minimum Gasteiger partial charge on any atom is -0.355 e. The first kappa shape index (κ1) is 39.6. The van der Waals surface area contributed by atoms with Crippen molar-refractivity contribution in [3.8, 4) is 11.8 Å². The highest BCUT2D eigenvalue weighted by Gasteiger charge is 2.30. The molecule has 0 bridgehead atoms. The van der Waals surface area contributed by atoms with E-state index >= 15 is 0 Å². The number of benzene rings is 4. The van der Waals surface area contributed by atoms with Crippen molar-refractivity contribution in [2.45, 2.75) is 58.8 Å². The number of rotatable bonds is 9. The molecular weight excluding hydrogens is 751 g/mol. The van der Waals surface area contributed by atoms with E-state index in [0.717, 1.165) is 34.5 Å². The number of amides is 2. The summed E-state index contributed by atoms with van der Waals surface area (Å²) < 4.78 is 33.8. The Kier molecular flexibility index (Phi) is 11.3. The summed E-state index contributed by atoms with van der Waals surface area (Å²) in [6, 6.07) is 19.2. The number of hydrogen-bond donors (Lipinski definition) is 4. The van der Waals surface area contributed by atoms with Gasteiger partial charge in [0.1, 0.15) is 23.0 Å². The molecule has 0 atom stereocenters. The van der Waals surface area contributed by atoms with Crippen molar-refractivity contribution in [2.75, 3.05) is 16.0 Å². The second kappa shape index (κ2) is 15.4. The Hall–Kier alpha value is -5.59. The number of anilines is 4. The molecule has 0 aliphatic carbocycles. The molecule has 0 aliphatic heterocycles. The van der Waals surface area contributed by atoms with Gasteiger partial charge in [-0.15, -0.1) is 10.2 Å². The van der Waals surface area contributed by atoms with Gasteiger partial charge in [0.25, 0.3) is 16.0 Å². The molecule has 0 saturated heterocycles. The van der Waals surface area contributed by atoms with Crippen LogP contribution in [0.2, 0.25) is 10.0 Å². The highest BCUT2D eigenvalue weighted by atomic mass is 35.5. The van der Waals surface area contributed by atoms with Gasteiger partial charge in [0, 0.05) is 35.0 Å². The van der Waals surface area contributed by atoms with Gasteiger partial charge in [-0.2, -0.15) is 18.8 Å². The SMILES string of the molecule is CC(=O)Nc1cc(Nc2c(C)cc(C)cc2C)ccc1N=Nc1c(C#N)c(C(C)(C)C)nn1-c1c(Cl)cc(NC(=O)c2cccc(S(=O)(=O)O)c2)cc1Cl. The van der Waals surface area contributed by atoms with E-state index in [1.807, 2.05) is 41.5 Å². The fourth-order valence-corrected chi connectivity index (χ4v) is 6.91. The molecule has 1 heterocycles. The summed E-state index contributed by atoms with van der Waals surface area (Å²) in [5, 5.41) is 32.9. The van der Waals surface area contributed by atoms with Crippen molar-refractivity contribution >= 4 is 79.4 Å². The molecule has 16 heteroatoms. The first-order valence-electron chi connectivity index (χ1n) is 16.4. The second-order valence-electron chi connectivity index (χ2n) is 13.6. The molecular formula is C38H36Cl2N8O5S. The van der Waals surface area contributed by atoms with E-state index in [1.165, 1.54) is 35.9 Å². The predicted octanol–water partition coefficient (Wildman–Crippen LogP) is 9.89. The molecule has 4 N–H and O–H groups in total. The first-order valence-corrected chi connectivity index (χ1v) is 18.6. The van der Waals surface area contributed by atoms with E-state index < -0.39 is 26.3 Å². The van der Waals surface area contributed by atoms with Gasteiger partial charge < -0.3 is 16.0 Å². The number of nitriles is 1. The van der Waals surface area contributed by atoms with Crippen LogP contribution in [0.15, 0.2) is 81.9 Å². The molecule has 1 aromatic heterocycles. The topological polar surface area (TPSA) is 191 Å². The molecule has 0 spiro atoms. The lowest BCUT2D eigenvalue weighted by Gasteiger charge is -2.15. The number of carbonyl (C=O) groups excluding carboxylic acids is 2. The van der Waals surface area contributed by atoms with Crippen molar-refractivity contribution in [1.82, 2.24) is 9.78 Å². The zero-order valence-corrected chi connectivity index (χ0v) is 32.7. The van der Waals surface area contributed by atoms with Crippen LogP contribution in [-0.4, -0.2) is 34.6 Å². The van der Waals surface area contributed by atoms with Gasteiger partial charge in [0.05, 0.1) is 26.3 Å². The Morgan fingerprint density at radius 3 is 2.13 bits per heavy atom. The maximum atomic E-state index is 13.0. The van der Waals surface area contributed by atoms with Crippen molar-refractivity contribution in [3.63, 3.8) is 0 Å². The summed E-state index contributed by atoms with van der Waals surface area (Å²) in [6.45, 7) is 13.1. The molecule has 0 radical (unpaired) electrons. The molecule has 5 rings (SSSR count). The van der Waals surface area contributed by atoms with E-state index in [-0.39, 0.29) is 50.0 Å². The predicted molar refractivity (Wildman–Crippen MR) is 210 cm³/mol. The summed E-state index contributed by atoms with van der Waals surface area (Å²) in [5.41, 5.74) is 5.64. The summed E-state index contributed by atoms with van der Waals surface area (Å²) >= 11 is 13.5. The largest absolute Gasteiger partial charge is 0.355 e. The third-order valence-corrected chi connectivity index (χ3v) is 9.50. The fraction of sp³-hybridized carbons (Fsp3) is 0.211. The normalized spacial score (nSPS) is 11.7. The number of nitrogens with one attached hydrogen (secondary N) is 3. The minimum atomic E-state index is -4.54. The maximum absolute atomic E-state index is 13.0. The first-order chi connectivity index (χ1) is 25.3. The zero-order chi connectivity index (χ0) is 39.7. The van der Waals surface area contributed by atoms with Gasteiger partial charge in [-0.1, -0.05) is 67.7 Å². The highest BCUT2D eigenvalue weighted by molar-refractivity contribution is 7.85. The van der Waals surface area contributed by atoms with E-state index in [1.54, 1.807) is 18.2 Å². The number of hydrogen-bond acceptors (Lipinski definition) is 9. The van der Waals surface area contributed by atoms with Crippen LogP contribution in [0.5, 0.6) is 0 Å². The Labute approximate surface area is 322 Å². The monoisotopic (exact) mass is 786 g/mol. The summed E-state index contributed by atoms with van der Waals surface area (Å²) in [4.78, 5) is 24.8. The third-order valence-electron chi connectivity index (χ3n) is 8.07. The van der Waals surface area contributed by atoms with Gasteiger partial charge in [-0.05, 0) is 80.4 Å². The number of carbonyl (C=O) groups is 2. The van der Waals surface area contributed by atoms with E-state index in [0.29, 0.717) is 17.1 Å². The van der Waals surface area contributed by atoms with E-state index in [4.69, 9.17) is 28.3 Å². The number of nitrogens with zero attached hydrogens (tertiary/aromatic N) is 5. The van der Waals surface area contributed by atoms with Gasteiger partial charge in [0.2, 0.25) is 5.91 Å². The molecule has 0 unspecified atom stereocenters. The lowest BCUT2D eigenvalue weighted by Crippen LogP contribution is -2.14. The summed E-state index contributed by atoms with van der Waals surface area (Å²) in [5.74, 6) is -1.02. The Morgan fingerprint density at radius 1 is 0.907 bits per heavy atom. The molecule has 4 aromatic carbocycles. The highest BCUT2D eigenvalue weighted by Crippen LogP contribution is 2.40. The molecule has 2 amide bonds.